The van der Waals surface area contributed by atoms with Crippen LogP contribution in [0.15, 0.2) is 437 Å². The summed E-state index contributed by atoms with van der Waals surface area (Å²) in [4.78, 5) is 4.63. The van der Waals surface area contributed by atoms with E-state index in [1.54, 1.807) is 0 Å². The van der Waals surface area contributed by atoms with Gasteiger partial charge in [0.15, 0.2) is 0 Å². The third-order valence-corrected chi connectivity index (χ3v) is 28.8. The van der Waals surface area contributed by atoms with Crippen molar-refractivity contribution in [2.75, 3.05) is 9.80 Å². The van der Waals surface area contributed by atoms with E-state index in [1.807, 2.05) is 6.08 Å². The molecular formula is C132H120N4O. The van der Waals surface area contributed by atoms with Gasteiger partial charge in [0, 0.05) is 67.0 Å². The number of benzene rings is 18. The van der Waals surface area contributed by atoms with Crippen molar-refractivity contribution in [1.82, 2.24) is 9.13 Å². The van der Waals surface area contributed by atoms with Crippen molar-refractivity contribution in [3.05, 3.63) is 498 Å². The van der Waals surface area contributed by atoms with E-state index >= 15 is 0 Å². The first-order valence-electron chi connectivity index (χ1n) is 49.4. The molecular weight excluding hydrogens is 1660 g/mol. The largest absolute Gasteiger partial charge is 0.372 e. The summed E-state index contributed by atoms with van der Waals surface area (Å²) in [6.07, 6.45) is 8.77. The molecule has 18 aromatic carbocycles. The maximum atomic E-state index is 6.06. The lowest BCUT2D eigenvalue weighted by molar-refractivity contribution is 0.107. The molecule has 0 radical (unpaired) electrons. The van der Waals surface area contributed by atoms with Crippen molar-refractivity contribution in [2.45, 2.75) is 143 Å². The zero-order valence-corrected chi connectivity index (χ0v) is 80.1. The maximum absolute atomic E-state index is 6.06. The van der Waals surface area contributed by atoms with Crippen LogP contribution in [0.4, 0.5) is 34.1 Å². The lowest BCUT2D eigenvalue weighted by atomic mass is 9.83. The minimum Gasteiger partial charge on any atom is -0.372 e. The van der Waals surface area contributed by atoms with Gasteiger partial charge in [0.05, 0.1) is 35.3 Å². The topological polar surface area (TPSA) is 25.6 Å². The quantitative estimate of drug-likeness (QED) is 0.0449. The van der Waals surface area contributed by atoms with Gasteiger partial charge < -0.3 is 23.7 Å². The Hall–Kier alpha value is -15.1. The van der Waals surface area contributed by atoms with E-state index in [2.05, 4.69) is 512 Å². The molecule has 137 heavy (non-hydrogen) atoms. The minimum absolute atomic E-state index is 0.421. The highest BCUT2D eigenvalue weighted by molar-refractivity contribution is 6.13. The predicted molar refractivity (Wildman–Crippen MR) is 584 cm³/mol. The van der Waals surface area contributed by atoms with E-state index in [4.69, 9.17) is 4.74 Å². The molecule has 4 unspecified atom stereocenters. The van der Waals surface area contributed by atoms with Gasteiger partial charge in [0.1, 0.15) is 0 Å². The van der Waals surface area contributed by atoms with Crippen molar-refractivity contribution in [3.63, 3.8) is 0 Å². The smallest absolute Gasteiger partial charge is 0.0721 e. The normalized spacial score (nSPS) is 12.7. The number of hydrogen-bond donors (Lipinski definition) is 0. The molecule has 0 fully saturated rings. The lowest BCUT2D eigenvalue weighted by Gasteiger charge is -2.25. The fraction of sp³-hybridized carbons (Fsp3) is 0.167. The molecule has 674 valence electrons. The summed E-state index contributed by atoms with van der Waals surface area (Å²) in [7, 11) is 0. The van der Waals surface area contributed by atoms with Crippen molar-refractivity contribution < 1.29 is 4.74 Å². The van der Waals surface area contributed by atoms with Gasteiger partial charge in [-0.25, -0.2) is 0 Å². The van der Waals surface area contributed by atoms with Crippen molar-refractivity contribution in [3.8, 4) is 67.0 Å². The number of aromatic nitrogens is 2. The minimum atomic E-state index is 0.421. The Balaban J connectivity index is 0.000000169. The molecule has 4 atom stereocenters. The number of para-hydroxylation sites is 4. The zero-order chi connectivity index (χ0) is 93.4. The van der Waals surface area contributed by atoms with Gasteiger partial charge in [-0.05, 0) is 336 Å². The highest BCUT2D eigenvalue weighted by atomic mass is 16.5. The van der Waals surface area contributed by atoms with Gasteiger partial charge in [-0.2, -0.15) is 0 Å². The van der Waals surface area contributed by atoms with Crippen LogP contribution in [-0.4, -0.2) is 9.13 Å². The predicted octanol–water partition coefficient (Wildman–Crippen LogP) is 36.9. The number of aryl methyl sites for hydroxylation is 2. The second kappa shape index (κ2) is 40.6. The van der Waals surface area contributed by atoms with E-state index in [-0.39, 0.29) is 0 Å². The summed E-state index contributed by atoms with van der Waals surface area (Å²) in [5.74, 6) is 2.82. The van der Waals surface area contributed by atoms with E-state index in [9.17, 15) is 0 Å². The number of ether oxygens (including phenoxy) is 1. The number of nitrogens with zero attached hydrogens (tertiary/aromatic N) is 4. The van der Waals surface area contributed by atoms with Crippen LogP contribution in [-0.2, 0) is 30.8 Å². The van der Waals surface area contributed by atoms with E-state index in [0.717, 1.165) is 65.4 Å². The average Bonchev–Trinajstić information content (AvgIpc) is 1.59. The first kappa shape index (κ1) is 89.7. The summed E-state index contributed by atoms with van der Waals surface area (Å²) < 4.78 is 10.9. The molecule has 0 N–H and O–H groups in total. The standard InChI is InChI=1S/C67H62N2O.C65H58N2/c1-6-49-18-20-50(21-19-49)45-70-46-51-22-24-55(25-23-51)52(7-2)42-48(5)54-26-28-56(29-27-54)58-34-40-66-64(43-58)65-44-59(35-41-67(65)69(66)63-36-30-53(31-37-63)47(3)4)57-32-38-62(39-33-57)68(60-14-10-8-11-15-60)61-16-12-9-13-17-61;1-5-46(49-20-22-50(23-21-49)54-26-24-51-25-27-55(51)41-54)40-45(4)48-16-18-52(19-17-48)56-32-38-64-62(42-56)63-43-57(33-39-65(63)67(64)61-34-28-47(29-35-61)44(2)3)53-30-36-60(37-31-53)66(58-12-8-6-9-13-58)59-14-10-7-11-15-59/h6,8-41,43-44,47-48,52H,1,7,42,45-46H2,2-5H3;6-24,26,28-39,41-46H,5,25,27,40H2,1-4H3. The van der Waals surface area contributed by atoms with Gasteiger partial charge in [0.25, 0.3) is 0 Å². The molecule has 0 aliphatic heterocycles. The average molecular weight is 1780 g/mol. The highest BCUT2D eigenvalue weighted by Crippen LogP contribution is 2.46. The first-order chi connectivity index (χ1) is 67.2. The second-order valence-electron chi connectivity index (χ2n) is 38.2. The SMILES string of the molecule is C=Cc1ccc(COCc2ccc(C(CC)CC(C)c3ccc(-c4ccc5c(c4)c4cc(-c6ccc(N(c7ccccc7)c7ccccc7)cc6)ccc4n5-c4ccc(C(C)C)cc4)cc3)cc2)cc1.CCC(CC(C)c1ccc(-c2ccc3c(c2)c2cc(-c4ccc(N(c5ccccc5)c5ccccc5)cc4)ccc2n3-c2ccc(C(C)C)cc2)cc1)c1ccc(-c2ccc3c(c2)CC3)cc1. The van der Waals surface area contributed by atoms with Crippen molar-refractivity contribution in [1.29, 1.82) is 0 Å². The number of anilines is 6. The number of hydrogen-bond acceptors (Lipinski definition) is 3. The molecule has 1 aliphatic rings. The number of rotatable bonds is 30. The summed E-state index contributed by atoms with van der Waals surface area (Å²) in [6, 6.07) is 159. The lowest BCUT2D eigenvalue weighted by Crippen LogP contribution is -2.09. The van der Waals surface area contributed by atoms with Crippen LogP contribution >= 0.6 is 0 Å². The Morgan fingerprint density at radius 3 is 0.839 bits per heavy atom. The molecule has 5 nitrogen and oxygen atoms in total. The second-order valence-corrected chi connectivity index (χ2v) is 38.2. The molecule has 0 saturated carbocycles. The molecule has 2 heterocycles. The van der Waals surface area contributed by atoms with Gasteiger partial charge in [-0.15, -0.1) is 0 Å². The van der Waals surface area contributed by atoms with Crippen LogP contribution in [0.2, 0.25) is 0 Å². The van der Waals surface area contributed by atoms with Crippen LogP contribution < -0.4 is 9.80 Å². The Morgan fingerprint density at radius 1 is 0.270 bits per heavy atom. The molecule has 0 bridgehead atoms. The van der Waals surface area contributed by atoms with Gasteiger partial charge >= 0.3 is 0 Å². The number of fused-ring (bicyclic) bond motifs is 7. The maximum Gasteiger partial charge on any atom is 0.0721 e. The molecule has 5 heteroatoms. The van der Waals surface area contributed by atoms with Crippen molar-refractivity contribution in [2.24, 2.45) is 0 Å². The van der Waals surface area contributed by atoms with Crippen LogP contribution in [0.25, 0.3) is 117 Å². The van der Waals surface area contributed by atoms with Crippen LogP contribution in [0.1, 0.15) is 178 Å². The van der Waals surface area contributed by atoms with E-state index < -0.39 is 0 Å². The van der Waals surface area contributed by atoms with Crippen molar-refractivity contribution >= 4 is 83.8 Å². The summed E-state index contributed by atoms with van der Waals surface area (Å²) in [6.45, 7) is 23.5. The van der Waals surface area contributed by atoms with Crippen LogP contribution in [0, 0.1) is 0 Å². The zero-order valence-electron chi connectivity index (χ0n) is 80.1. The third kappa shape index (κ3) is 19.4. The molecule has 0 amide bonds. The Kier molecular flexibility index (Phi) is 26.6. The fourth-order valence-electron chi connectivity index (χ4n) is 20.6. The highest BCUT2D eigenvalue weighted by Gasteiger charge is 2.25. The van der Waals surface area contributed by atoms with E-state index in [0.29, 0.717) is 48.7 Å². The van der Waals surface area contributed by atoms with Gasteiger partial charge in [-0.1, -0.05) is 353 Å². The third-order valence-electron chi connectivity index (χ3n) is 28.8. The molecule has 21 rings (SSSR count). The molecule has 0 saturated heterocycles. The Morgan fingerprint density at radius 2 is 0.540 bits per heavy atom. The van der Waals surface area contributed by atoms with Gasteiger partial charge in [0.2, 0.25) is 0 Å². The molecule has 1 aliphatic carbocycles. The van der Waals surface area contributed by atoms with E-state index in [1.165, 1.54) is 179 Å². The van der Waals surface area contributed by atoms with Gasteiger partial charge in [-0.3, -0.25) is 0 Å². The monoisotopic (exact) mass is 1780 g/mol. The Bertz CT molecular complexity index is 7450. The first-order valence-corrected chi connectivity index (χ1v) is 49.4. The molecule has 2 aromatic heterocycles. The summed E-state index contributed by atoms with van der Waals surface area (Å²) in [5, 5.41) is 5.00. The molecule has 20 aromatic rings. The van der Waals surface area contributed by atoms with Crippen LogP contribution in [0.3, 0.4) is 0 Å². The Labute approximate surface area is 810 Å². The summed E-state index contributed by atoms with van der Waals surface area (Å²) in [5.41, 5.74) is 41.2. The summed E-state index contributed by atoms with van der Waals surface area (Å²) >= 11 is 0. The van der Waals surface area contributed by atoms with Crippen LogP contribution in [0.5, 0.6) is 0 Å². The fourth-order valence-corrected chi connectivity index (χ4v) is 20.6. The molecule has 0 spiro atoms.